The van der Waals surface area contributed by atoms with Gasteiger partial charge >= 0.3 is 6.18 Å². The van der Waals surface area contributed by atoms with Gasteiger partial charge in [0.1, 0.15) is 11.6 Å². The highest BCUT2D eigenvalue weighted by atomic mass is 32.2. The number of amides is 1. The van der Waals surface area contributed by atoms with Crippen LogP contribution in [-0.2, 0) is 11.0 Å². The van der Waals surface area contributed by atoms with Crippen LogP contribution in [0.2, 0.25) is 0 Å². The lowest BCUT2D eigenvalue weighted by Gasteiger charge is -2.13. The fourth-order valence-electron chi connectivity index (χ4n) is 1.70. The van der Waals surface area contributed by atoms with E-state index in [-0.39, 0.29) is 16.7 Å². The molecule has 0 saturated carbocycles. The monoisotopic (exact) mass is 362 g/mol. The molecule has 2 rings (SSSR count). The maximum atomic E-state index is 13.0. The second kappa shape index (κ2) is 6.91. The Kier molecular flexibility index (Phi) is 5.12. The molecule has 0 spiro atoms. The number of alkyl halides is 3. The van der Waals surface area contributed by atoms with Crippen molar-refractivity contribution in [3.63, 3.8) is 0 Å². The number of nitrogens with zero attached hydrogens (tertiary/aromatic N) is 1. The van der Waals surface area contributed by atoms with Crippen LogP contribution in [0.25, 0.3) is 0 Å². The van der Waals surface area contributed by atoms with Crippen LogP contribution in [-0.4, -0.2) is 21.6 Å². The second-order valence-corrected chi connectivity index (χ2v) is 5.46. The van der Waals surface area contributed by atoms with Gasteiger partial charge in [-0.05, 0) is 18.2 Å². The molecule has 0 aliphatic carbocycles. The molecule has 24 heavy (non-hydrogen) atoms. The first-order valence-corrected chi connectivity index (χ1v) is 7.30. The zero-order chi connectivity index (χ0) is 17.9. The second-order valence-electron chi connectivity index (χ2n) is 4.50. The fourth-order valence-corrected chi connectivity index (χ4v) is 2.38. The average molecular weight is 362 g/mol. The van der Waals surface area contributed by atoms with Crippen molar-refractivity contribution >= 4 is 29.2 Å². The van der Waals surface area contributed by atoms with Crippen LogP contribution in [0.4, 0.5) is 29.1 Å². The van der Waals surface area contributed by atoms with E-state index in [1.807, 2.05) is 5.32 Å². The topological polar surface area (TPSA) is 101 Å². The van der Waals surface area contributed by atoms with Crippen molar-refractivity contribution in [3.8, 4) is 0 Å². The van der Waals surface area contributed by atoms with E-state index < -0.39 is 34.7 Å². The summed E-state index contributed by atoms with van der Waals surface area (Å²) in [5.41, 5.74) is 2.98. The van der Waals surface area contributed by atoms with Gasteiger partial charge in [0.15, 0.2) is 5.16 Å². The molecule has 0 unspecified atom stereocenters. The molecule has 1 aromatic carbocycles. The van der Waals surface area contributed by atoms with Crippen molar-refractivity contribution in [1.29, 1.82) is 0 Å². The van der Waals surface area contributed by atoms with Gasteiger partial charge in [-0.2, -0.15) is 13.2 Å². The van der Waals surface area contributed by atoms with Gasteiger partial charge in [-0.25, -0.2) is 9.37 Å². The highest BCUT2D eigenvalue weighted by molar-refractivity contribution is 7.99. The Morgan fingerprint density at radius 3 is 2.67 bits per heavy atom. The van der Waals surface area contributed by atoms with Gasteiger partial charge < -0.3 is 16.0 Å². The van der Waals surface area contributed by atoms with Gasteiger partial charge in [-0.15, -0.1) is 0 Å². The molecule has 4 N–H and O–H groups in total. The number of thioether (sulfide) groups is 1. The molecule has 11 heteroatoms. The molecule has 6 nitrogen and oxygen atoms in total. The normalized spacial score (nSPS) is 11.3. The molecule has 0 saturated heterocycles. The van der Waals surface area contributed by atoms with Crippen LogP contribution in [0.1, 0.15) is 5.56 Å². The summed E-state index contributed by atoms with van der Waals surface area (Å²) in [6, 6.07) is 2.95. The highest BCUT2D eigenvalue weighted by Crippen LogP contribution is 2.35. The van der Waals surface area contributed by atoms with E-state index in [9.17, 15) is 27.2 Å². The molecule has 0 radical (unpaired) electrons. The maximum Gasteiger partial charge on any atom is 0.418 e. The zero-order valence-corrected chi connectivity index (χ0v) is 12.6. The predicted octanol–water partition coefficient (Wildman–Crippen LogP) is 2.24. The van der Waals surface area contributed by atoms with Crippen LogP contribution < -0.4 is 16.6 Å². The number of nitrogens with two attached hydrogens (primary N) is 1. The van der Waals surface area contributed by atoms with Crippen LogP contribution in [0.3, 0.4) is 0 Å². The van der Waals surface area contributed by atoms with Gasteiger partial charge in [-0.1, -0.05) is 11.8 Å². The number of hydrogen-bond donors (Lipinski definition) is 3. The molecule has 0 aliphatic heterocycles. The zero-order valence-electron chi connectivity index (χ0n) is 11.8. The van der Waals surface area contributed by atoms with Crippen LogP contribution in [0, 0.1) is 5.82 Å². The average Bonchev–Trinajstić information content (AvgIpc) is 2.45. The van der Waals surface area contributed by atoms with Crippen LogP contribution >= 0.6 is 11.8 Å². The summed E-state index contributed by atoms with van der Waals surface area (Å²) in [6.45, 7) is 0. The first kappa shape index (κ1) is 17.8. The van der Waals surface area contributed by atoms with E-state index in [2.05, 4.69) is 9.97 Å². The summed E-state index contributed by atoms with van der Waals surface area (Å²) < 4.78 is 51.5. The molecular formula is C13H10F4N4O2S. The number of halogens is 4. The van der Waals surface area contributed by atoms with Gasteiger partial charge in [0, 0.05) is 6.07 Å². The first-order valence-electron chi connectivity index (χ1n) is 6.31. The summed E-state index contributed by atoms with van der Waals surface area (Å²) in [5, 5.41) is 2.09. The van der Waals surface area contributed by atoms with Crippen LogP contribution in [0.15, 0.2) is 34.2 Å². The summed E-state index contributed by atoms with van der Waals surface area (Å²) in [6.07, 6.45) is -4.82. The Morgan fingerprint density at radius 2 is 2.04 bits per heavy atom. The standard InChI is InChI=1S/C13H10F4N4O2S/c14-6-1-2-8(7(3-6)13(15,16)17)19-11(23)5-24-12-20-9(18)4-10(22)21-12/h1-4H,5H2,(H,19,23)(H3,18,20,21,22). The number of H-pyrrole nitrogens is 1. The third kappa shape index (κ3) is 4.72. The third-order valence-electron chi connectivity index (χ3n) is 2.64. The Balaban J connectivity index is 2.09. The van der Waals surface area contributed by atoms with Crippen molar-refractivity contribution in [2.45, 2.75) is 11.3 Å². The van der Waals surface area contributed by atoms with Gasteiger partial charge in [0.05, 0.1) is 17.0 Å². The van der Waals surface area contributed by atoms with E-state index in [4.69, 9.17) is 5.73 Å². The van der Waals surface area contributed by atoms with E-state index in [0.717, 1.165) is 30.0 Å². The number of benzene rings is 1. The van der Waals surface area contributed by atoms with E-state index >= 15 is 0 Å². The number of aromatic nitrogens is 2. The lowest BCUT2D eigenvalue weighted by Crippen LogP contribution is -2.19. The Hall–Kier alpha value is -2.56. The van der Waals surface area contributed by atoms with Crippen molar-refractivity contribution in [1.82, 2.24) is 9.97 Å². The number of anilines is 2. The smallest absolute Gasteiger partial charge is 0.383 e. The maximum absolute atomic E-state index is 13.0. The number of nitrogens with one attached hydrogen (secondary N) is 2. The molecule has 2 aromatic rings. The van der Waals surface area contributed by atoms with Crippen molar-refractivity contribution in [3.05, 3.63) is 46.0 Å². The molecule has 0 bridgehead atoms. The molecule has 0 atom stereocenters. The quantitative estimate of drug-likeness (QED) is 0.440. The lowest BCUT2D eigenvalue weighted by molar-refractivity contribution is -0.137. The van der Waals surface area contributed by atoms with E-state index in [1.54, 1.807) is 0 Å². The summed E-state index contributed by atoms with van der Waals surface area (Å²) in [7, 11) is 0. The number of carbonyl (C=O) groups excluding carboxylic acids is 1. The molecule has 1 aromatic heterocycles. The summed E-state index contributed by atoms with van der Waals surface area (Å²) in [5.74, 6) is -2.25. The third-order valence-corrected chi connectivity index (χ3v) is 3.51. The van der Waals surface area contributed by atoms with Gasteiger partial charge in [-0.3, -0.25) is 9.59 Å². The van der Waals surface area contributed by atoms with Crippen LogP contribution in [0.5, 0.6) is 0 Å². The minimum absolute atomic E-state index is 0.0466. The largest absolute Gasteiger partial charge is 0.418 e. The van der Waals surface area contributed by atoms with Gasteiger partial charge in [0.2, 0.25) is 5.91 Å². The summed E-state index contributed by atoms with van der Waals surface area (Å²) in [4.78, 5) is 29.0. The summed E-state index contributed by atoms with van der Waals surface area (Å²) >= 11 is 0.779. The van der Waals surface area contributed by atoms with E-state index in [1.165, 1.54) is 0 Å². The number of hydrogen-bond acceptors (Lipinski definition) is 5. The molecule has 128 valence electrons. The van der Waals surface area contributed by atoms with Gasteiger partial charge in [0.25, 0.3) is 5.56 Å². The minimum Gasteiger partial charge on any atom is -0.383 e. The number of carbonyl (C=O) groups is 1. The number of nitrogen functional groups attached to an aromatic ring is 1. The Morgan fingerprint density at radius 1 is 1.33 bits per heavy atom. The highest BCUT2D eigenvalue weighted by Gasteiger charge is 2.34. The molecule has 0 fully saturated rings. The number of rotatable bonds is 4. The number of aromatic amines is 1. The fraction of sp³-hybridized carbons (Fsp3) is 0.154. The molecular weight excluding hydrogens is 352 g/mol. The lowest BCUT2D eigenvalue weighted by atomic mass is 10.1. The predicted molar refractivity (Wildman–Crippen MR) is 80.0 cm³/mol. The Labute approximate surface area is 136 Å². The van der Waals surface area contributed by atoms with E-state index in [0.29, 0.717) is 6.07 Å². The molecule has 1 amide bonds. The minimum atomic E-state index is -4.82. The SMILES string of the molecule is Nc1cc(=O)[nH]c(SCC(=O)Nc2ccc(F)cc2C(F)(F)F)n1. The Bertz CT molecular complexity index is 822. The first-order chi connectivity index (χ1) is 11.1. The van der Waals surface area contributed by atoms with Crippen molar-refractivity contribution < 1.29 is 22.4 Å². The van der Waals surface area contributed by atoms with Crippen molar-refractivity contribution in [2.24, 2.45) is 0 Å². The molecule has 0 aliphatic rings. The van der Waals surface area contributed by atoms with Crippen molar-refractivity contribution in [2.75, 3.05) is 16.8 Å². The molecule has 1 heterocycles.